The highest BCUT2D eigenvalue weighted by atomic mass is 32.1. The second kappa shape index (κ2) is 6.77. The first kappa shape index (κ1) is 16.7. The Morgan fingerprint density at radius 1 is 1.32 bits per heavy atom. The van der Waals surface area contributed by atoms with Gasteiger partial charge in [-0.25, -0.2) is 0 Å². The number of nitrogens with one attached hydrogen (secondary N) is 1. The van der Waals surface area contributed by atoms with Crippen molar-refractivity contribution in [3.05, 3.63) is 62.4 Å². The van der Waals surface area contributed by atoms with E-state index in [0.29, 0.717) is 28.6 Å². The third-order valence-corrected chi connectivity index (χ3v) is 4.26. The number of carbonyl (C=O) groups is 1. The minimum absolute atomic E-state index is 0.0352. The van der Waals surface area contributed by atoms with E-state index in [-0.39, 0.29) is 11.6 Å². The van der Waals surface area contributed by atoms with Gasteiger partial charge in [0.2, 0.25) is 5.13 Å². The highest BCUT2D eigenvalue weighted by molar-refractivity contribution is 7.13. The molecular weight excluding hydrogens is 344 g/mol. The summed E-state index contributed by atoms with van der Waals surface area (Å²) in [7, 11) is 0. The molecule has 3 rings (SSSR count). The number of nitrogens with zero attached hydrogens (tertiary/aromatic N) is 5. The Hall–Kier alpha value is -3.14. The van der Waals surface area contributed by atoms with Gasteiger partial charge < -0.3 is 0 Å². The lowest BCUT2D eigenvalue weighted by Gasteiger charge is -2.06. The maximum absolute atomic E-state index is 12.1. The van der Waals surface area contributed by atoms with Crippen molar-refractivity contribution in [3.63, 3.8) is 0 Å². The number of aromatic nitrogens is 4. The first-order chi connectivity index (χ1) is 12.0. The summed E-state index contributed by atoms with van der Waals surface area (Å²) in [5.41, 5.74) is 3.82. The van der Waals surface area contributed by atoms with E-state index >= 15 is 0 Å². The van der Waals surface area contributed by atoms with Gasteiger partial charge in [-0.1, -0.05) is 23.5 Å². The quantitative estimate of drug-likeness (QED) is 0.553. The molecule has 3 aromatic rings. The van der Waals surface area contributed by atoms with Crippen LogP contribution < -0.4 is 5.32 Å². The van der Waals surface area contributed by atoms with Gasteiger partial charge in [-0.05, 0) is 31.5 Å². The largest absolute Gasteiger partial charge is 0.312 e. The molecule has 1 aromatic carbocycles. The zero-order chi connectivity index (χ0) is 18.0. The standard InChI is InChI=1S/C15H14N6O3S/c1-9-13(21(23)24)10(2)20(19-9)7-11-3-5-12(6-4-11)14(22)17-15-18-16-8-25-15/h3-6,8H,7H2,1-2H3,(H,17,18,22). The number of benzene rings is 1. The van der Waals surface area contributed by atoms with Gasteiger partial charge in [0.15, 0.2) is 0 Å². The van der Waals surface area contributed by atoms with Gasteiger partial charge in [-0.3, -0.25) is 24.9 Å². The van der Waals surface area contributed by atoms with Crippen molar-refractivity contribution in [1.29, 1.82) is 0 Å². The van der Waals surface area contributed by atoms with Crippen molar-refractivity contribution in [3.8, 4) is 0 Å². The molecule has 10 heteroatoms. The Labute approximate surface area is 146 Å². The molecule has 0 unspecified atom stereocenters. The second-order valence-corrected chi connectivity index (χ2v) is 6.16. The van der Waals surface area contributed by atoms with Crippen molar-refractivity contribution in [2.24, 2.45) is 0 Å². The molecule has 9 nitrogen and oxygen atoms in total. The molecule has 2 aromatic heterocycles. The molecule has 128 valence electrons. The Morgan fingerprint density at radius 2 is 2.04 bits per heavy atom. The lowest BCUT2D eigenvalue weighted by molar-refractivity contribution is -0.386. The number of carbonyl (C=O) groups excluding carboxylic acids is 1. The van der Waals surface area contributed by atoms with Gasteiger partial charge in [0.05, 0.1) is 11.5 Å². The fourth-order valence-electron chi connectivity index (χ4n) is 2.44. The van der Waals surface area contributed by atoms with E-state index in [4.69, 9.17) is 0 Å². The van der Waals surface area contributed by atoms with Gasteiger partial charge in [0.1, 0.15) is 16.9 Å². The smallest absolute Gasteiger partial charge is 0.296 e. The van der Waals surface area contributed by atoms with E-state index in [1.165, 1.54) is 16.8 Å². The molecule has 0 radical (unpaired) electrons. The van der Waals surface area contributed by atoms with Crippen LogP contribution in [-0.4, -0.2) is 30.8 Å². The lowest BCUT2D eigenvalue weighted by Crippen LogP contribution is -2.12. The van der Waals surface area contributed by atoms with E-state index in [1.54, 1.807) is 42.8 Å². The summed E-state index contributed by atoms with van der Waals surface area (Å²) in [6.07, 6.45) is 0. The van der Waals surface area contributed by atoms with Crippen molar-refractivity contribution in [2.45, 2.75) is 20.4 Å². The Kier molecular flexibility index (Phi) is 4.52. The van der Waals surface area contributed by atoms with Crippen LogP contribution in [0.2, 0.25) is 0 Å². The van der Waals surface area contributed by atoms with E-state index < -0.39 is 4.92 Å². The third-order valence-electron chi connectivity index (χ3n) is 3.65. The Bertz CT molecular complexity index is 918. The normalized spacial score (nSPS) is 10.6. The van der Waals surface area contributed by atoms with Gasteiger partial charge in [-0.2, -0.15) is 5.10 Å². The highest BCUT2D eigenvalue weighted by Crippen LogP contribution is 2.22. The van der Waals surface area contributed by atoms with Crippen LogP contribution in [0.5, 0.6) is 0 Å². The van der Waals surface area contributed by atoms with Crippen LogP contribution in [0.15, 0.2) is 29.8 Å². The summed E-state index contributed by atoms with van der Waals surface area (Å²) in [6.45, 7) is 3.67. The molecule has 0 aliphatic carbocycles. The number of hydrogen-bond acceptors (Lipinski definition) is 7. The fraction of sp³-hybridized carbons (Fsp3) is 0.200. The minimum atomic E-state index is -0.422. The summed E-state index contributed by atoms with van der Waals surface area (Å²) in [4.78, 5) is 22.7. The molecule has 1 amide bonds. The van der Waals surface area contributed by atoms with Crippen LogP contribution in [0.25, 0.3) is 0 Å². The van der Waals surface area contributed by atoms with Crippen LogP contribution in [0.4, 0.5) is 10.8 Å². The molecule has 1 N–H and O–H groups in total. The van der Waals surface area contributed by atoms with Gasteiger partial charge in [0, 0.05) is 5.56 Å². The number of aryl methyl sites for hydroxylation is 1. The molecule has 0 spiro atoms. The molecule has 0 aliphatic heterocycles. The van der Waals surface area contributed by atoms with Gasteiger partial charge in [-0.15, -0.1) is 10.2 Å². The molecular formula is C15H14N6O3S. The van der Waals surface area contributed by atoms with Crippen molar-refractivity contribution < 1.29 is 9.72 Å². The first-order valence-corrected chi connectivity index (χ1v) is 8.18. The van der Waals surface area contributed by atoms with E-state index in [9.17, 15) is 14.9 Å². The summed E-state index contributed by atoms with van der Waals surface area (Å²) in [5, 5.41) is 25.8. The number of amides is 1. The van der Waals surface area contributed by atoms with Gasteiger partial charge >= 0.3 is 5.69 Å². The fourth-order valence-corrected chi connectivity index (χ4v) is 2.88. The molecule has 0 saturated carbocycles. The monoisotopic (exact) mass is 358 g/mol. The average molecular weight is 358 g/mol. The van der Waals surface area contributed by atoms with E-state index in [0.717, 1.165) is 5.56 Å². The number of rotatable bonds is 5. The van der Waals surface area contributed by atoms with Crippen LogP contribution in [0, 0.1) is 24.0 Å². The van der Waals surface area contributed by atoms with Crippen molar-refractivity contribution in [2.75, 3.05) is 5.32 Å². The van der Waals surface area contributed by atoms with Crippen LogP contribution in [-0.2, 0) is 6.54 Å². The molecule has 0 bridgehead atoms. The second-order valence-electron chi connectivity index (χ2n) is 5.33. The third kappa shape index (κ3) is 3.53. The molecule has 25 heavy (non-hydrogen) atoms. The Morgan fingerprint density at radius 3 is 2.60 bits per heavy atom. The SMILES string of the molecule is Cc1nn(Cc2ccc(C(=O)Nc3nncs3)cc2)c(C)c1[N+](=O)[O-]. The molecule has 0 atom stereocenters. The molecule has 2 heterocycles. The first-order valence-electron chi connectivity index (χ1n) is 7.30. The summed E-state index contributed by atoms with van der Waals surface area (Å²) < 4.78 is 1.59. The number of hydrogen-bond donors (Lipinski definition) is 1. The van der Waals surface area contributed by atoms with E-state index in [2.05, 4.69) is 20.6 Å². The highest BCUT2D eigenvalue weighted by Gasteiger charge is 2.21. The zero-order valence-electron chi connectivity index (χ0n) is 13.5. The van der Waals surface area contributed by atoms with E-state index in [1.807, 2.05) is 0 Å². The minimum Gasteiger partial charge on any atom is -0.296 e. The van der Waals surface area contributed by atoms with Gasteiger partial charge in [0.25, 0.3) is 5.91 Å². The van der Waals surface area contributed by atoms with Crippen LogP contribution >= 0.6 is 11.3 Å². The number of anilines is 1. The topological polar surface area (TPSA) is 116 Å². The Balaban J connectivity index is 1.74. The molecule has 0 fully saturated rings. The van der Waals surface area contributed by atoms with Crippen molar-refractivity contribution in [1.82, 2.24) is 20.0 Å². The predicted molar refractivity (Wildman–Crippen MR) is 91.8 cm³/mol. The summed E-state index contributed by atoms with van der Waals surface area (Å²) in [6, 6.07) is 6.95. The average Bonchev–Trinajstić information content (AvgIpc) is 3.16. The number of nitro groups is 1. The maximum atomic E-state index is 12.1. The summed E-state index contributed by atoms with van der Waals surface area (Å²) >= 11 is 1.24. The molecule has 0 aliphatic rings. The zero-order valence-corrected chi connectivity index (χ0v) is 14.3. The van der Waals surface area contributed by atoms with Crippen LogP contribution in [0.1, 0.15) is 27.3 Å². The summed E-state index contributed by atoms with van der Waals surface area (Å²) in [5.74, 6) is -0.273. The maximum Gasteiger partial charge on any atom is 0.312 e. The van der Waals surface area contributed by atoms with Crippen LogP contribution in [0.3, 0.4) is 0 Å². The molecule has 0 saturated heterocycles. The van der Waals surface area contributed by atoms with Crippen molar-refractivity contribution >= 4 is 28.1 Å². The predicted octanol–water partition coefficient (Wildman–Crippen LogP) is 2.56. The lowest BCUT2D eigenvalue weighted by atomic mass is 10.1.